The number of fused-ring (bicyclic) bond motifs is 1. The maximum absolute atomic E-state index is 12.7. The molecular weight excluding hydrogens is 308 g/mol. The highest BCUT2D eigenvalue weighted by molar-refractivity contribution is 6.02. The predicted octanol–water partition coefficient (Wildman–Crippen LogP) is 3.57. The number of hydrogen-bond acceptors (Lipinski definition) is 5. The van der Waals surface area contributed by atoms with E-state index in [9.17, 15) is 9.59 Å². The number of methoxy groups -OCH3 is 1. The van der Waals surface area contributed by atoms with Gasteiger partial charge >= 0.3 is 5.97 Å². The van der Waals surface area contributed by atoms with Gasteiger partial charge in [0.25, 0.3) is 0 Å². The first-order valence-electron chi connectivity index (χ1n) is 7.67. The summed E-state index contributed by atoms with van der Waals surface area (Å²) in [4.78, 5) is 23.8. The summed E-state index contributed by atoms with van der Waals surface area (Å²) < 4.78 is 16.2. The van der Waals surface area contributed by atoms with Gasteiger partial charge in [-0.25, -0.2) is 0 Å². The summed E-state index contributed by atoms with van der Waals surface area (Å²) in [6.45, 7) is 3.15. The average Bonchev–Trinajstić information content (AvgIpc) is 2.58. The summed E-state index contributed by atoms with van der Waals surface area (Å²) in [5.41, 5.74) is 1.34. The second kappa shape index (κ2) is 6.35. The number of ketones is 1. The summed E-state index contributed by atoms with van der Waals surface area (Å²) >= 11 is 0. The van der Waals surface area contributed by atoms with Gasteiger partial charge in [-0.2, -0.15) is 0 Å². The second-order valence-electron chi connectivity index (χ2n) is 5.72. The van der Waals surface area contributed by atoms with Crippen LogP contribution in [0.15, 0.2) is 42.5 Å². The Kier molecular flexibility index (Phi) is 4.25. The zero-order chi connectivity index (χ0) is 17.3. The minimum absolute atomic E-state index is 0.0360. The molecule has 0 saturated heterocycles. The third kappa shape index (κ3) is 2.97. The van der Waals surface area contributed by atoms with Crippen LogP contribution in [0.4, 0.5) is 0 Å². The van der Waals surface area contributed by atoms with Crippen LogP contribution in [-0.2, 0) is 4.79 Å². The fourth-order valence-corrected chi connectivity index (χ4v) is 2.81. The Labute approximate surface area is 140 Å². The molecule has 0 radical (unpaired) electrons. The lowest BCUT2D eigenvalue weighted by atomic mass is 9.87. The summed E-state index contributed by atoms with van der Waals surface area (Å²) in [7, 11) is 1.61. The van der Waals surface area contributed by atoms with Crippen LogP contribution in [0.25, 0.3) is 0 Å². The molecule has 0 spiro atoms. The van der Waals surface area contributed by atoms with Crippen molar-refractivity contribution in [1.82, 2.24) is 0 Å². The van der Waals surface area contributed by atoms with Gasteiger partial charge in [-0.15, -0.1) is 0 Å². The molecule has 5 heteroatoms. The Balaban J connectivity index is 1.92. The number of ether oxygens (including phenoxy) is 3. The lowest BCUT2D eigenvalue weighted by Crippen LogP contribution is -2.29. The van der Waals surface area contributed by atoms with E-state index in [1.807, 2.05) is 31.2 Å². The molecule has 0 fully saturated rings. The molecule has 3 rings (SSSR count). The first-order valence-corrected chi connectivity index (χ1v) is 7.67. The van der Waals surface area contributed by atoms with Crippen LogP contribution >= 0.6 is 0 Å². The van der Waals surface area contributed by atoms with Gasteiger partial charge in [-0.05, 0) is 35.9 Å². The first-order chi connectivity index (χ1) is 11.5. The lowest BCUT2D eigenvalue weighted by Gasteiger charge is -2.31. The molecule has 2 aromatic carbocycles. The fraction of sp³-hybridized carbons (Fsp3) is 0.263. The number of Topliss-reactive ketones (excluding diaryl/α,β-unsaturated/α-hetero) is 1. The minimum atomic E-state index is -0.428. The third-order valence-corrected chi connectivity index (χ3v) is 4.04. The number of esters is 1. The van der Waals surface area contributed by atoms with E-state index in [2.05, 4.69) is 0 Å². The normalized spacial score (nSPS) is 19.2. The largest absolute Gasteiger partial charge is 0.497 e. The van der Waals surface area contributed by atoms with Crippen LogP contribution in [0.2, 0.25) is 0 Å². The molecule has 1 heterocycles. The van der Waals surface area contributed by atoms with E-state index in [0.717, 1.165) is 11.3 Å². The number of benzene rings is 2. The Bertz CT molecular complexity index is 779. The number of rotatable bonds is 3. The van der Waals surface area contributed by atoms with Crippen molar-refractivity contribution < 1.29 is 23.8 Å². The molecule has 1 aliphatic rings. The quantitative estimate of drug-likeness (QED) is 0.637. The lowest BCUT2D eigenvalue weighted by molar-refractivity contribution is -0.131. The van der Waals surface area contributed by atoms with E-state index in [4.69, 9.17) is 14.2 Å². The Morgan fingerprint density at radius 1 is 1.08 bits per heavy atom. The van der Waals surface area contributed by atoms with Crippen LogP contribution < -0.4 is 14.2 Å². The first kappa shape index (κ1) is 16.1. The van der Waals surface area contributed by atoms with Gasteiger partial charge in [-0.1, -0.05) is 19.1 Å². The van der Waals surface area contributed by atoms with Gasteiger partial charge in [0.1, 0.15) is 23.4 Å². The monoisotopic (exact) mass is 326 g/mol. The summed E-state index contributed by atoms with van der Waals surface area (Å²) in [6, 6.07) is 12.3. The molecule has 2 atom stereocenters. The summed E-state index contributed by atoms with van der Waals surface area (Å²) in [6.07, 6.45) is -0.365. The number of carbonyl (C=O) groups excluding carboxylic acids is 2. The molecule has 0 N–H and O–H groups in total. The Morgan fingerprint density at radius 3 is 2.38 bits per heavy atom. The zero-order valence-electron chi connectivity index (χ0n) is 13.7. The van der Waals surface area contributed by atoms with E-state index in [1.165, 1.54) is 6.92 Å². The predicted molar refractivity (Wildman–Crippen MR) is 87.6 cm³/mol. The average molecular weight is 326 g/mol. The molecule has 124 valence electrons. The van der Waals surface area contributed by atoms with Crippen LogP contribution in [0.3, 0.4) is 0 Å². The minimum Gasteiger partial charge on any atom is -0.497 e. The SMILES string of the molecule is COc1ccc(C2Oc3ccc(OC(C)=O)cc3C(=O)C2C)cc1. The molecule has 5 nitrogen and oxygen atoms in total. The maximum atomic E-state index is 12.7. The summed E-state index contributed by atoms with van der Waals surface area (Å²) in [5.74, 6) is 0.774. The molecule has 0 amide bonds. The van der Waals surface area contributed by atoms with Crippen molar-refractivity contribution in [1.29, 1.82) is 0 Å². The molecule has 0 aliphatic carbocycles. The van der Waals surface area contributed by atoms with Crippen molar-refractivity contribution in [3.05, 3.63) is 53.6 Å². The molecule has 2 aromatic rings. The molecule has 0 bridgehead atoms. The Hall–Kier alpha value is -2.82. The molecule has 0 aromatic heterocycles. The fourth-order valence-electron chi connectivity index (χ4n) is 2.81. The smallest absolute Gasteiger partial charge is 0.308 e. The van der Waals surface area contributed by atoms with E-state index < -0.39 is 5.97 Å². The zero-order valence-corrected chi connectivity index (χ0v) is 13.7. The molecule has 2 unspecified atom stereocenters. The van der Waals surface area contributed by atoms with Crippen molar-refractivity contribution in [2.24, 2.45) is 5.92 Å². The van der Waals surface area contributed by atoms with Crippen molar-refractivity contribution in [3.63, 3.8) is 0 Å². The highest BCUT2D eigenvalue weighted by Crippen LogP contribution is 2.40. The highest BCUT2D eigenvalue weighted by atomic mass is 16.5. The van der Waals surface area contributed by atoms with Crippen LogP contribution in [0, 0.1) is 5.92 Å². The maximum Gasteiger partial charge on any atom is 0.308 e. The summed E-state index contributed by atoms with van der Waals surface area (Å²) in [5, 5.41) is 0. The van der Waals surface area contributed by atoms with E-state index in [1.54, 1.807) is 25.3 Å². The number of carbonyl (C=O) groups is 2. The van der Waals surface area contributed by atoms with Crippen LogP contribution in [0.5, 0.6) is 17.2 Å². The molecule has 0 saturated carbocycles. The van der Waals surface area contributed by atoms with E-state index >= 15 is 0 Å². The van der Waals surface area contributed by atoms with Gasteiger partial charge in [0.05, 0.1) is 18.6 Å². The van der Waals surface area contributed by atoms with Gasteiger partial charge in [0.2, 0.25) is 0 Å². The van der Waals surface area contributed by atoms with E-state index in [-0.39, 0.29) is 17.8 Å². The second-order valence-corrected chi connectivity index (χ2v) is 5.72. The molecular formula is C19H18O5. The van der Waals surface area contributed by atoms with Crippen molar-refractivity contribution >= 4 is 11.8 Å². The van der Waals surface area contributed by atoms with Gasteiger partial charge < -0.3 is 14.2 Å². The molecule has 1 aliphatic heterocycles. The standard InChI is InChI=1S/C19H18O5/c1-11-18(21)16-10-15(23-12(2)20)8-9-17(16)24-19(11)13-4-6-14(22-3)7-5-13/h4-11,19H,1-3H3. The number of hydrogen-bond donors (Lipinski definition) is 0. The third-order valence-electron chi connectivity index (χ3n) is 4.04. The van der Waals surface area contributed by atoms with Gasteiger partial charge in [0, 0.05) is 6.92 Å². The molecule has 24 heavy (non-hydrogen) atoms. The van der Waals surface area contributed by atoms with Gasteiger partial charge in [0.15, 0.2) is 5.78 Å². The Morgan fingerprint density at radius 2 is 1.75 bits per heavy atom. The van der Waals surface area contributed by atoms with Crippen molar-refractivity contribution in [2.75, 3.05) is 7.11 Å². The van der Waals surface area contributed by atoms with Crippen molar-refractivity contribution in [3.8, 4) is 17.2 Å². The van der Waals surface area contributed by atoms with Gasteiger partial charge in [-0.3, -0.25) is 9.59 Å². The van der Waals surface area contributed by atoms with E-state index in [0.29, 0.717) is 17.1 Å². The van der Waals surface area contributed by atoms with Crippen LogP contribution in [0.1, 0.15) is 35.9 Å². The topological polar surface area (TPSA) is 61.8 Å². The highest BCUT2D eigenvalue weighted by Gasteiger charge is 2.35. The van der Waals surface area contributed by atoms with Crippen LogP contribution in [-0.4, -0.2) is 18.9 Å². The van der Waals surface area contributed by atoms with Crippen molar-refractivity contribution in [2.45, 2.75) is 20.0 Å².